The average molecular weight is 155 g/mol. The van der Waals surface area contributed by atoms with Gasteiger partial charge in [0.05, 0.1) is 0 Å². The van der Waals surface area contributed by atoms with Gasteiger partial charge >= 0.3 is 0 Å². The Hall–Kier alpha value is -0.830. The number of aromatic nitrogens is 1. The van der Waals surface area contributed by atoms with Crippen LogP contribution in [0.4, 0.5) is 4.39 Å². The van der Waals surface area contributed by atoms with Gasteiger partial charge in [-0.3, -0.25) is 0 Å². The van der Waals surface area contributed by atoms with Crippen LogP contribution >= 0.6 is 11.3 Å². The second kappa shape index (κ2) is 1.83. The third kappa shape index (κ3) is 0.743. The molecule has 0 aliphatic rings. The van der Waals surface area contributed by atoms with Crippen LogP contribution in [-0.4, -0.2) is 4.98 Å². The zero-order chi connectivity index (χ0) is 7.14. The van der Waals surface area contributed by atoms with Crippen LogP contribution in [0.15, 0.2) is 12.1 Å². The first-order chi connectivity index (χ1) is 4.75. The highest BCUT2D eigenvalue weighted by Crippen LogP contribution is 2.23. The number of hydrogen-bond acceptors (Lipinski definition) is 1. The first-order valence-corrected chi connectivity index (χ1v) is 3.82. The van der Waals surface area contributed by atoms with Gasteiger partial charge in [0.2, 0.25) is 0 Å². The predicted octanol–water partition coefficient (Wildman–Crippen LogP) is 2.68. The number of nitrogens with one attached hydrogen (secondary N) is 1. The van der Waals surface area contributed by atoms with Crippen molar-refractivity contribution in [3.05, 3.63) is 23.0 Å². The van der Waals surface area contributed by atoms with Gasteiger partial charge in [-0.1, -0.05) is 11.3 Å². The van der Waals surface area contributed by atoms with Crippen molar-refractivity contribution in [2.75, 3.05) is 0 Å². The molecule has 0 atom stereocenters. The standard InChI is InChI=1S/C7H6FNS/c1-4-2-5-3-6(8)10-7(5)9-4/h2-3,9H,1H3. The van der Waals surface area contributed by atoms with Crippen molar-refractivity contribution in [3.63, 3.8) is 0 Å². The van der Waals surface area contributed by atoms with Crippen LogP contribution in [0.3, 0.4) is 0 Å². The van der Waals surface area contributed by atoms with E-state index in [9.17, 15) is 4.39 Å². The average Bonchev–Trinajstić information content (AvgIpc) is 2.21. The molecule has 3 heteroatoms. The van der Waals surface area contributed by atoms with E-state index in [2.05, 4.69) is 4.98 Å². The van der Waals surface area contributed by atoms with Gasteiger partial charge in [0.15, 0.2) is 5.13 Å². The number of aryl methyl sites for hydroxylation is 1. The Morgan fingerprint density at radius 3 is 3.00 bits per heavy atom. The van der Waals surface area contributed by atoms with Crippen LogP contribution in [0.2, 0.25) is 0 Å². The summed E-state index contributed by atoms with van der Waals surface area (Å²) in [5.74, 6) is 0. The number of thiophene rings is 1. The van der Waals surface area contributed by atoms with E-state index in [4.69, 9.17) is 0 Å². The van der Waals surface area contributed by atoms with Crippen molar-refractivity contribution in [3.8, 4) is 0 Å². The normalized spacial score (nSPS) is 11.0. The minimum atomic E-state index is -0.124. The Balaban J connectivity index is 2.83. The SMILES string of the molecule is Cc1cc2cc(F)sc2[nH]1. The maximum Gasteiger partial charge on any atom is 0.179 e. The van der Waals surface area contributed by atoms with Crippen molar-refractivity contribution in [1.29, 1.82) is 0 Å². The fourth-order valence-corrected chi connectivity index (χ4v) is 1.86. The topological polar surface area (TPSA) is 15.8 Å². The quantitative estimate of drug-likeness (QED) is 0.602. The molecule has 0 aliphatic heterocycles. The number of rotatable bonds is 0. The van der Waals surface area contributed by atoms with E-state index in [0.717, 1.165) is 27.2 Å². The van der Waals surface area contributed by atoms with E-state index in [1.165, 1.54) is 0 Å². The maximum absolute atomic E-state index is 12.5. The van der Waals surface area contributed by atoms with Crippen LogP contribution in [-0.2, 0) is 0 Å². The second-order valence-electron chi connectivity index (χ2n) is 2.29. The molecule has 10 heavy (non-hydrogen) atoms. The van der Waals surface area contributed by atoms with Gasteiger partial charge < -0.3 is 4.98 Å². The molecule has 0 bridgehead atoms. The van der Waals surface area contributed by atoms with Crippen molar-refractivity contribution in [1.82, 2.24) is 4.98 Å². The smallest absolute Gasteiger partial charge is 0.179 e. The highest BCUT2D eigenvalue weighted by atomic mass is 32.1. The first-order valence-electron chi connectivity index (χ1n) is 3.00. The summed E-state index contributed by atoms with van der Waals surface area (Å²) in [6.07, 6.45) is 0. The van der Waals surface area contributed by atoms with E-state index >= 15 is 0 Å². The van der Waals surface area contributed by atoms with Gasteiger partial charge in [-0.05, 0) is 19.1 Å². The van der Waals surface area contributed by atoms with Gasteiger partial charge in [0.1, 0.15) is 4.83 Å². The molecular weight excluding hydrogens is 149 g/mol. The second-order valence-corrected chi connectivity index (χ2v) is 3.29. The third-order valence-electron chi connectivity index (χ3n) is 1.41. The lowest BCUT2D eigenvalue weighted by molar-refractivity contribution is 0.658. The molecule has 0 unspecified atom stereocenters. The summed E-state index contributed by atoms with van der Waals surface area (Å²) >= 11 is 1.15. The molecule has 2 heterocycles. The summed E-state index contributed by atoms with van der Waals surface area (Å²) in [5, 5.41) is 0.848. The Labute approximate surface area is 61.5 Å². The Kier molecular flexibility index (Phi) is 1.08. The number of H-pyrrole nitrogens is 1. The largest absolute Gasteiger partial charge is 0.350 e. The molecule has 0 amide bonds. The van der Waals surface area contributed by atoms with Gasteiger partial charge in [0, 0.05) is 11.1 Å². The Bertz CT molecular complexity index is 297. The van der Waals surface area contributed by atoms with E-state index in [-0.39, 0.29) is 5.13 Å². The van der Waals surface area contributed by atoms with Crippen molar-refractivity contribution in [2.45, 2.75) is 6.92 Å². The van der Waals surface area contributed by atoms with Gasteiger partial charge in [-0.2, -0.15) is 4.39 Å². The van der Waals surface area contributed by atoms with E-state index in [1.54, 1.807) is 6.07 Å². The summed E-state index contributed by atoms with van der Waals surface area (Å²) < 4.78 is 12.5. The van der Waals surface area contributed by atoms with Crippen molar-refractivity contribution in [2.24, 2.45) is 0 Å². The molecule has 0 aromatic carbocycles. The zero-order valence-electron chi connectivity index (χ0n) is 5.44. The lowest BCUT2D eigenvalue weighted by atomic mass is 10.4. The van der Waals surface area contributed by atoms with Crippen LogP contribution < -0.4 is 0 Å². The van der Waals surface area contributed by atoms with Crippen LogP contribution in [0.5, 0.6) is 0 Å². The predicted molar refractivity (Wildman–Crippen MR) is 40.9 cm³/mol. The summed E-state index contributed by atoms with van der Waals surface area (Å²) in [5.41, 5.74) is 1.08. The molecule has 1 nitrogen and oxygen atoms in total. The number of fused-ring (bicyclic) bond motifs is 1. The molecule has 2 aromatic heterocycles. The van der Waals surface area contributed by atoms with Crippen LogP contribution in [0.25, 0.3) is 10.2 Å². The zero-order valence-corrected chi connectivity index (χ0v) is 6.26. The molecule has 0 saturated carbocycles. The lowest BCUT2D eigenvalue weighted by Crippen LogP contribution is -1.62. The van der Waals surface area contributed by atoms with Crippen LogP contribution in [0.1, 0.15) is 5.69 Å². The Morgan fingerprint density at radius 2 is 2.30 bits per heavy atom. The highest BCUT2D eigenvalue weighted by molar-refractivity contribution is 7.17. The highest BCUT2D eigenvalue weighted by Gasteiger charge is 2.01. The molecule has 0 saturated heterocycles. The summed E-state index contributed by atoms with van der Waals surface area (Å²) in [7, 11) is 0. The first kappa shape index (κ1) is 5.92. The molecule has 0 fully saturated rings. The molecule has 0 spiro atoms. The van der Waals surface area contributed by atoms with E-state index in [1.807, 2.05) is 13.0 Å². The van der Waals surface area contributed by atoms with E-state index < -0.39 is 0 Å². The molecule has 0 radical (unpaired) electrons. The lowest BCUT2D eigenvalue weighted by Gasteiger charge is -1.76. The summed E-state index contributed by atoms with van der Waals surface area (Å²) in [4.78, 5) is 3.98. The molecular formula is C7H6FNS. The fourth-order valence-electron chi connectivity index (χ4n) is 1.03. The number of halogens is 1. The van der Waals surface area contributed by atoms with E-state index in [0.29, 0.717) is 0 Å². The van der Waals surface area contributed by atoms with Crippen molar-refractivity contribution >= 4 is 21.6 Å². The molecule has 1 N–H and O–H groups in total. The molecule has 0 aliphatic carbocycles. The van der Waals surface area contributed by atoms with Gasteiger partial charge in [0.25, 0.3) is 0 Å². The number of hydrogen-bond donors (Lipinski definition) is 1. The summed E-state index contributed by atoms with van der Waals surface area (Å²) in [6, 6.07) is 3.48. The molecule has 52 valence electrons. The number of aromatic amines is 1. The molecule has 2 rings (SSSR count). The van der Waals surface area contributed by atoms with Gasteiger partial charge in [-0.25, -0.2) is 0 Å². The summed E-state index contributed by atoms with van der Waals surface area (Å²) in [6.45, 7) is 1.96. The Morgan fingerprint density at radius 1 is 1.50 bits per heavy atom. The van der Waals surface area contributed by atoms with Gasteiger partial charge in [-0.15, -0.1) is 0 Å². The van der Waals surface area contributed by atoms with Crippen molar-refractivity contribution < 1.29 is 4.39 Å². The fraction of sp³-hybridized carbons (Fsp3) is 0.143. The minimum absolute atomic E-state index is 0.124. The minimum Gasteiger partial charge on any atom is -0.350 e. The monoisotopic (exact) mass is 155 g/mol. The third-order valence-corrected chi connectivity index (χ3v) is 2.27. The molecule has 2 aromatic rings. The maximum atomic E-state index is 12.5. The van der Waals surface area contributed by atoms with Crippen LogP contribution in [0, 0.1) is 12.1 Å².